The molecule has 1 aromatic rings. The Morgan fingerprint density at radius 2 is 1.76 bits per heavy atom. The van der Waals surface area contributed by atoms with E-state index in [1.807, 2.05) is 0 Å². The lowest BCUT2D eigenvalue weighted by molar-refractivity contribution is -0.241. The first-order chi connectivity index (χ1) is 19.8. The van der Waals surface area contributed by atoms with Crippen molar-refractivity contribution in [1.29, 1.82) is 0 Å². The second-order valence-electron chi connectivity index (χ2n) is 10.6. The Hall–Kier alpha value is -4.11. The van der Waals surface area contributed by atoms with Crippen LogP contribution in [-0.4, -0.2) is 101 Å². The van der Waals surface area contributed by atoms with Gasteiger partial charge >= 0.3 is 5.97 Å². The van der Waals surface area contributed by atoms with E-state index in [1.54, 1.807) is 45.1 Å². The molecule has 1 aromatic carbocycles. The van der Waals surface area contributed by atoms with E-state index in [0.717, 1.165) is 17.1 Å². The highest BCUT2D eigenvalue weighted by Gasteiger charge is 2.39. The second-order valence-corrected chi connectivity index (χ2v) is 10.6. The van der Waals surface area contributed by atoms with Crippen molar-refractivity contribution in [3.63, 3.8) is 0 Å². The van der Waals surface area contributed by atoms with Crippen molar-refractivity contribution >= 4 is 41.4 Å². The number of anilines is 1. The largest absolute Gasteiger partial charge is 0.461 e. The normalized spacial score (nSPS) is 22.4. The summed E-state index contributed by atoms with van der Waals surface area (Å²) in [6, 6.07) is 4.67. The van der Waals surface area contributed by atoms with Gasteiger partial charge in [0.1, 0.15) is 37.2 Å². The lowest BCUT2D eigenvalue weighted by Crippen LogP contribution is -2.54. The van der Waals surface area contributed by atoms with Gasteiger partial charge in [-0.3, -0.25) is 28.9 Å². The molecule has 0 spiro atoms. The number of imide groups is 1. The van der Waals surface area contributed by atoms with Crippen molar-refractivity contribution in [1.82, 2.24) is 10.2 Å². The van der Waals surface area contributed by atoms with Gasteiger partial charge in [0.25, 0.3) is 11.8 Å². The molecule has 228 valence electrons. The van der Waals surface area contributed by atoms with Gasteiger partial charge < -0.3 is 40.2 Å². The smallest absolute Gasteiger partial charge is 0.311 e. The minimum absolute atomic E-state index is 0.0166. The molecule has 3 rings (SSSR count). The number of carbonyl (C=O) groups excluding carboxylic acids is 5. The summed E-state index contributed by atoms with van der Waals surface area (Å²) in [5.41, 5.74) is 0.0992. The van der Waals surface area contributed by atoms with Crippen LogP contribution < -0.4 is 15.4 Å². The van der Waals surface area contributed by atoms with E-state index in [9.17, 15) is 39.3 Å². The minimum Gasteiger partial charge on any atom is -0.461 e. The molecule has 0 radical (unpaired) electrons. The van der Waals surface area contributed by atoms with Gasteiger partial charge in [-0.05, 0) is 44.5 Å². The molecule has 0 saturated carbocycles. The van der Waals surface area contributed by atoms with Crippen LogP contribution in [0.5, 0.6) is 5.75 Å². The van der Waals surface area contributed by atoms with Crippen molar-refractivity contribution in [2.75, 3.05) is 31.6 Å². The number of rotatable bonds is 11. The summed E-state index contributed by atoms with van der Waals surface area (Å²) in [5, 5.41) is 35.0. The number of carbonyl (C=O) groups is 5. The molecule has 0 aliphatic carbocycles. The number of hydrogen-bond acceptors (Lipinski definition) is 11. The zero-order chi connectivity index (χ0) is 31.0. The highest BCUT2D eigenvalue weighted by molar-refractivity contribution is 6.14. The molecule has 2 aliphatic heterocycles. The van der Waals surface area contributed by atoms with E-state index in [4.69, 9.17) is 14.2 Å². The number of esters is 1. The van der Waals surface area contributed by atoms with Crippen molar-refractivity contribution in [2.45, 2.75) is 51.8 Å². The van der Waals surface area contributed by atoms with E-state index >= 15 is 0 Å². The van der Waals surface area contributed by atoms with Gasteiger partial charge in [-0.1, -0.05) is 12.1 Å². The van der Waals surface area contributed by atoms with Gasteiger partial charge in [-0.25, -0.2) is 0 Å². The highest BCUT2D eigenvalue weighted by Crippen LogP contribution is 2.30. The monoisotopic (exact) mass is 589 g/mol. The summed E-state index contributed by atoms with van der Waals surface area (Å²) in [5.74, 6) is -2.65. The third-order valence-electron chi connectivity index (χ3n) is 6.08. The highest BCUT2D eigenvalue weighted by atomic mass is 16.7. The minimum atomic E-state index is -1.57. The molecule has 1 fully saturated rings. The number of nitrogens with one attached hydrogen (secondary N) is 2. The lowest BCUT2D eigenvalue weighted by atomic mass is 9.97. The van der Waals surface area contributed by atoms with Crippen LogP contribution in [0.25, 0.3) is 6.08 Å². The van der Waals surface area contributed by atoms with Crippen LogP contribution in [0, 0.1) is 5.41 Å². The molecular weight excluding hydrogens is 554 g/mol. The van der Waals surface area contributed by atoms with Crippen molar-refractivity contribution < 1.29 is 53.5 Å². The van der Waals surface area contributed by atoms with Crippen LogP contribution in [0.2, 0.25) is 0 Å². The molecule has 0 aromatic heterocycles. The van der Waals surface area contributed by atoms with Gasteiger partial charge in [-0.2, -0.15) is 0 Å². The fraction of sp³-hybridized carbons (Fsp3) is 0.464. The molecule has 2 aliphatic rings. The predicted octanol–water partition coefficient (Wildman–Crippen LogP) is -0.523. The first kappa shape index (κ1) is 32.4. The van der Waals surface area contributed by atoms with Gasteiger partial charge in [0.2, 0.25) is 18.1 Å². The average molecular weight is 590 g/mol. The third-order valence-corrected chi connectivity index (χ3v) is 6.08. The van der Waals surface area contributed by atoms with E-state index in [2.05, 4.69) is 10.6 Å². The Balaban J connectivity index is 1.64. The van der Waals surface area contributed by atoms with Crippen molar-refractivity contribution in [3.8, 4) is 5.75 Å². The molecule has 0 bridgehead atoms. The number of hydrogen-bond donors (Lipinski definition) is 5. The van der Waals surface area contributed by atoms with Crippen LogP contribution in [0.1, 0.15) is 32.8 Å². The van der Waals surface area contributed by atoms with E-state index in [0.29, 0.717) is 5.56 Å². The van der Waals surface area contributed by atoms with Crippen LogP contribution >= 0.6 is 0 Å². The lowest BCUT2D eigenvalue weighted by Gasteiger charge is -2.35. The number of nitrogens with zero attached hydrogens (tertiary/aromatic N) is 1. The van der Waals surface area contributed by atoms with Gasteiger partial charge in [0.15, 0.2) is 0 Å². The molecule has 5 N–H and O–H groups in total. The zero-order valence-electron chi connectivity index (χ0n) is 23.4. The summed E-state index contributed by atoms with van der Waals surface area (Å²) >= 11 is 0. The van der Waals surface area contributed by atoms with E-state index in [1.165, 1.54) is 6.07 Å². The number of aliphatic hydroxyl groups is 3. The maximum absolute atomic E-state index is 12.7. The van der Waals surface area contributed by atoms with Gasteiger partial charge in [0, 0.05) is 25.1 Å². The topological polar surface area (TPSA) is 201 Å². The Morgan fingerprint density at radius 1 is 1.07 bits per heavy atom. The van der Waals surface area contributed by atoms with Crippen molar-refractivity contribution in [2.24, 2.45) is 5.41 Å². The molecule has 4 amide bonds. The van der Waals surface area contributed by atoms with Gasteiger partial charge in [-0.15, -0.1) is 0 Å². The summed E-state index contributed by atoms with van der Waals surface area (Å²) in [6.07, 6.45) is -0.528. The second kappa shape index (κ2) is 14.2. The Morgan fingerprint density at radius 3 is 2.43 bits per heavy atom. The number of benzene rings is 1. The first-order valence-electron chi connectivity index (χ1n) is 13.2. The molecule has 2 heterocycles. The molecule has 1 saturated heterocycles. The Bertz CT molecular complexity index is 1240. The third kappa shape index (κ3) is 8.94. The summed E-state index contributed by atoms with van der Waals surface area (Å²) < 4.78 is 16.2. The molecule has 42 heavy (non-hydrogen) atoms. The number of ether oxygens (including phenoxy) is 3. The summed E-state index contributed by atoms with van der Waals surface area (Å²) in [7, 11) is 0. The molecule has 4 atom stereocenters. The van der Waals surface area contributed by atoms with Crippen LogP contribution in [0.4, 0.5) is 5.69 Å². The quantitative estimate of drug-likeness (QED) is 0.164. The van der Waals surface area contributed by atoms with Crippen molar-refractivity contribution in [3.05, 3.63) is 42.0 Å². The van der Waals surface area contributed by atoms with E-state index < -0.39 is 60.2 Å². The maximum atomic E-state index is 12.7. The summed E-state index contributed by atoms with van der Waals surface area (Å²) in [4.78, 5) is 60.7. The molecule has 14 heteroatoms. The zero-order valence-corrected chi connectivity index (χ0v) is 23.4. The SMILES string of the molecule is CC(C)(C)C(=O)OC/C=C/c1ccc(O[C@@H]2OC[C@@H](O)[C@H](O)[C@H]2O)c(NC(=O)CCNC(=O)CN2C(=O)C=CC2=O)c1. The maximum Gasteiger partial charge on any atom is 0.311 e. The summed E-state index contributed by atoms with van der Waals surface area (Å²) in [6.45, 7) is 4.35. The Labute approximate surface area is 241 Å². The average Bonchev–Trinajstić information content (AvgIpc) is 3.23. The fourth-order valence-electron chi connectivity index (χ4n) is 3.70. The Kier molecular flexibility index (Phi) is 10.9. The molecule has 0 unspecified atom stereocenters. The molecule has 14 nitrogen and oxygen atoms in total. The fourth-order valence-corrected chi connectivity index (χ4v) is 3.70. The van der Waals surface area contributed by atoms with Crippen LogP contribution in [0.15, 0.2) is 36.4 Å². The van der Waals surface area contributed by atoms with Crippen LogP contribution in [-0.2, 0) is 33.4 Å². The number of aliphatic hydroxyl groups excluding tert-OH is 3. The predicted molar refractivity (Wildman–Crippen MR) is 146 cm³/mol. The van der Waals surface area contributed by atoms with E-state index in [-0.39, 0.29) is 43.6 Å². The molecular formula is C28H35N3O11. The van der Waals surface area contributed by atoms with Crippen LogP contribution in [0.3, 0.4) is 0 Å². The standard InChI is InChI=1S/C28H35N3O11/c1-28(2,3)27(39)40-12-4-5-16-6-7-19(42-26-25(38)24(37)18(32)15-41-26)17(13-16)30-20(33)10-11-29-21(34)14-31-22(35)8-9-23(31)36/h4-9,13,18,24-26,32,37-38H,10-12,14-15H2,1-3H3,(H,29,34)(H,30,33)/b5-4+/t18-,24+,25-,26+/m1/s1. The number of amides is 4. The van der Waals surface area contributed by atoms with Gasteiger partial charge in [0.05, 0.1) is 17.7 Å². The first-order valence-corrected chi connectivity index (χ1v) is 13.2.